The fourth-order valence-corrected chi connectivity index (χ4v) is 3.04. The van der Waals surface area contributed by atoms with E-state index in [9.17, 15) is 40.5 Å². The summed E-state index contributed by atoms with van der Waals surface area (Å²) >= 11 is 0. The van der Waals surface area contributed by atoms with Gasteiger partial charge in [-0.2, -0.15) is 10.5 Å². The molecule has 0 unspecified atom stereocenters. The van der Waals surface area contributed by atoms with Gasteiger partial charge in [-0.3, -0.25) is 9.59 Å². The Kier molecular flexibility index (Phi) is 8.84. The van der Waals surface area contributed by atoms with Gasteiger partial charge < -0.3 is 30.2 Å². The van der Waals surface area contributed by atoms with Crippen LogP contribution in [-0.4, -0.2) is 69.2 Å². The molecule has 10 nitrogen and oxygen atoms in total. The monoisotopic (exact) mass is 476 g/mol. The molecule has 2 aromatic carbocycles. The third kappa shape index (κ3) is 7.01. The number of benzene rings is 2. The van der Waals surface area contributed by atoms with E-state index in [1.54, 1.807) is 0 Å². The number of aromatic hydroxyl groups is 4. The fourth-order valence-electron chi connectivity index (χ4n) is 3.04. The van der Waals surface area contributed by atoms with Gasteiger partial charge in [0.2, 0.25) is 0 Å². The molecule has 0 bridgehead atoms. The number of hydrogen-bond donors (Lipinski definition) is 4. The Morgan fingerprint density at radius 3 is 1.43 bits per heavy atom. The number of phenolic OH excluding ortho intramolecular Hbond substituents is 4. The molecule has 0 saturated carbocycles. The summed E-state index contributed by atoms with van der Waals surface area (Å²) in [6, 6.07) is 11.5. The van der Waals surface area contributed by atoms with Crippen LogP contribution in [0.25, 0.3) is 12.2 Å². The smallest absolute Gasteiger partial charge is 0.264 e. The van der Waals surface area contributed by atoms with Gasteiger partial charge in [-0.1, -0.05) is 12.1 Å². The van der Waals surface area contributed by atoms with Crippen molar-refractivity contribution in [3.8, 4) is 35.1 Å². The van der Waals surface area contributed by atoms with Gasteiger partial charge in [0.25, 0.3) is 11.8 Å². The number of nitrogens with zero attached hydrogens (tertiary/aromatic N) is 4. The molecule has 10 heteroatoms. The molecule has 0 atom stereocenters. The number of carbonyl (C=O) groups is 2. The van der Waals surface area contributed by atoms with E-state index in [1.165, 1.54) is 72.4 Å². The number of phenols is 4. The Hall–Kier alpha value is -4.96. The minimum atomic E-state index is -0.557. The second-order valence-corrected chi connectivity index (χ2v) is 7.64. The van der Waals surface area contributed by atoms with Gasteiger partial charge in [0.05, 0.1) is 0 Å². The van der Waals surface area contributed by atoms with E-state index < -0.39 is 11.8 Å². The maximum absolute atomic E-state index is 12.6. The summed E-state index contributed by atoms with van der Waals surface area (Å²) in [5, 5.41) is 56.6. The maximum Gasteiger partial charge on any atom is 0.264 e. The fraction of sp³-hybridized carbons (Fsp3) is 0.200. The Labute approximate surface area is 202 Å². The predicted molar refractivity (Wildman–Crippen MR) is 127 cm³/mol. The molecule has 0 aliphatic heterocycles. The number of nitriles is 2. The van der Waals surface area contributed by atoms with Crippen LogP contribution in [0.5, 0.6) is 23.0 Å². The van der Waals surface area contributed by atoms with Crippen LogP contribution in [0.4, 0.5) is 0 Å². The Balaban J connectivity index is 1.99. The highest BCUT2D eigenvalue weighted by atomic mass is 16.3. The standard InChI is InChI=1S/C25H24N4O6/c1-28(24(34)18(14-26)10-16-4-6-20(30)22(32)12-16)8-3-9-29(2)25(35)19(15-27)11-17-5-7-21(31)23(33)13-17/h4-7,10-13,30-33H,3,8-9H2,1-2H3/b18-10+,19-11+. The number of amides is 2. The molecule has 0 heterocycles. The summed E-state index contributed by atoms with van der Waals surface area (Å²) in [7, 11) is 3.00. The van der Waals surface area contributed by atoms with Crippen molar-refractivity contribution in [3.05, 3.63) is 58.7 Å². The first-order chi connectivity index (χ1) is 16.6. The molecule has 0 spiro atoms. The van der Waals surface area contributed by atoms with E-state index in [0.717, 1.165) is 0 Å². The first-order valence-corrected chi connectivity index (χ1v) is 10.4. The lowest BCUT2D eigenvalue weighted by atomic mass is 10.1. The van der Waals surface area contributed by atoms with E-state index in [2.05, 4.69) is 0 Å². The second kappa shape index (κ2) is 11.8. The van der Waals surface area contributed by atoms with Crippen molar-refractivity contribution in [2.24, 2.45) is 0 Å². The topological polar surface area (TPSA) is 169 Å². The Bertz CT molecular complexity index is 1170. The summed E-state index contributed by atoms with van der Waals surface area (Å²) in [4.78, 5) is 27.8. The average molecular weight is 476 g/mol. The average Bonchev–Trinajstić information content (AvgIpc) is 2.84. The van der Waals surface area contributed by atoms with Gasteiger partial charge in [-0.25, -0.2) is 0 Å². The third-order valence-corrected chi connectivity index (χ3v) is 5.00. The molecule has 0 aliphatic rings. The van der Waals surface area contributed by atoms with Crippen molar-refractivity contribution in [1.29, 1.82) is 10.5 Å². The largest absolute Gasteiger partial charge is 0.504 e. The number of rotatable bonds is 8. The number of likely N-dealkylation sites (N-methyl/N-ethyl adjacent to an activating group) is 2. The van der Waals surface area contributed by atoms with Crippen LogP contribution in [0, 0.1) is 22.7 Å². The van der Waals surface area contributed by atoms with E-state index in [0.29, 0.717) is 17.5 Å². The van der Waals surface area contributed by atoms with Gasteiger partial charge in [-0.05, 0) is 54.0 Å². The molecule has 180 valence electrons. The molecule has 0 radical (unpaired) electrons. The minimum absolute atomic E-state index is 0.172. The van der Waals surface area contributed by atoms with Crippen molar-refractivity contribution >= 4 is 24.0 Å². The molecule has 0 aliphatic carbocycles. The highest BCUT2D eigenvalue weighted by Crippen LogP contribution is 2.27. The van der Waals surface area contributed by atoms with Crippen LogP contribution in [0.1, 0.15) is 17.5 Å². The van der Waals surface area contributed by atoms with E-state index in [1.807, 2.05) is 12.1 Å². The zero-order valence-electron chi connectivity index (χ0n) is 19.1. The van der Waals surface area contributed by atoms with Crippen molar-refractivity contribution in [2.45, 2.75) is 6.42 Å². The van der Waals surface area contributed by atoms with Crippen molar-refractivity contribution in [3.63, 3.8) is 0 Å². The van der Waals surface area contributed by atoms with Gasteiger partial charge in [0.15, 0.2) is 23.0 Å². The third-order valence-electron chi connectivity index (χ3n) is 5.00. The van der Waals surface area contributed by atoms with Gasteiger partial charge in [0.1, 0.15) is 23.3 Å². The predicted octanol–water partition coefficient (Wildman–Crippen LogP) is 2.33. The summed E-state index contributed by atoms with van der Waals surface area (Å²) in [6.45, 7) is 0.432. The summed E-state index contributed by atoms with van der Waals surface area (Å²) in [5.41, 5.74) is 0.381. The highest BCUT2D eigenvalue weighted by Gasteiger charge is 2.18. The molecule has 2 rings (SSSR count). The van der Waals surface area contributed by atoms with Crippen LogP contribution in [0.15, 0.2) is 47.5 Å². The van der Waals surface area contributed by atoms with E-state index in [-0.39, 0.29) is 47.2 Å². The molecule has 35 heavy (non-hydrogen) atoms. The highest BCUT2D eigenvalue weighted by molar-refractivity contribution is 6.02. The molecule has 4 N–H and O–H groups in total. The molecule has 0 fully saturated rings. The van der Waals surface area contributed by atoms with Crippen LogP contribution in [0.2, 0.25) is 0 Å². The van der Waals surface area contributed by atoms with Crippen LogP contribution in [-0.2, 0) is 9.59 Å². The number of carbonyl (C=O) groups excluding carboxylic acids is 2. The van der Waals surface area contributed by atoms with E-state index in [4.69, 9.17) is 0 Å². The normalized spacial score (nSPS) is 11.3. The van der Waals surface area contributed by atoms with Gasteiger partial charge >= 0.3 is 0 Å². The Morgan fingerprint density at radius 2 is 1.11 bits per heavy atom. The molecular weight excluding hydrogens is 452 g/mol. The minimum Gasteiger partial charge on any atom is -0.504 e. The molecular formula is C25H24N4O6. The SMILES string of the molecule is CN(CCCN(C)C(=O)/C(C#N)=C/c1ccc(O)c(O)c1)C(=O)/C(C#N)=C/c1ccc(O)c(O)c1. The van der Waals surface area contributed by atoms with E-state index >= 15 is 0 Å². The summed E-state index contributed by atoms with van der Waals surface area (Å²) in [6.07, 6.45) is 2.94. The van der Waals surface area contributed by atoms with Crippen LogP contribution < -0.4 is 0 Å². The summed E-state index contributed by atoms with van der Waals surface area (Å²) in [5.74, 6) is -2.51. The first-order valence-electron chi connectivity index (χ1n) is 10.4. The zero-order chi connectivity index (χ0) is 26.1. The molecule has 0 saturated heterocycles. The van der Waals surface area contributed by atoms with Crippen LogP contribution in [0.3, 0.4) is 0 Å². The number of hydrogen-bond acceptors (Lipinski definition) is 8. The van der Waals surface area contributed by atoms with Crippen molar-refractivity contribution < 1.29 is 30.0 Å². The Morgan fingerprint density at radius 1 is 0.743 bits per heavy atom. The molecule has 2 aromatic rings. The van der Waals surface area contributed by atoms with Gasteiger partial charge in [-0.15, -0.1) is 0 Å². The lowest BCUT2D eigenvalue weighted by Gasteiger charge is -2.20. The zero-order valence-corrected chi connectivity index (χ0v) is 19.1. The molecule has 0 aromatic heterocycles. The maximum atomic E-state index is 12.6. The summed E-state index contributed by atoms with van der Waals surface area (Å²) < 4.78 is 0. The lowest BCUT2D eigenvalue weighted by molar-refractivity contribution is -0.125. The van der Waals surface area contributed by atoms with Crippen molar-refractivity contribution in [1.82, 2.24) is 9.80 Å². The first kappa shape index (κ1) is 26.3. The van der Waals surface area contributed by atoms with Crippen LogP contribution >= 0.6 is 0 Å². The second-order valence-electron chi connectivity index (χ2n) is 7.64. The lowest BCUT2D eigenvalue weighted by Crippen LogP contribution is -2.33. The van der Waals surface area contributed by atoms with Gasteiger partial charge in [0, 0.05) is 27.2 Å². The van der Waals surface area contributed by atoms with Crippen molar-refractivity contribution in [2.75, 3.05) is 27.2 Å². The molecule has 2 amide bonds. The quantitative estimate of drug-likeness (QED) is 0.256.